The number of aromatic nitrogens is 4. The Bertz CT molecular complexity index is 1730. The van der Waals surface area contributed by atoms with E-state index in [1.807, 2.05) is 12.1 Å². The minimum absolute atomic E-state index is 0.0477. The normalized spacial score (nSPS) is 15.0. The van der Waals surface area contributed by atoms with Gasteiger partial charge in [0.15, 0.2) is 0 Å². The lowest BCUT2D eigenvalue weighted by molar-refractivity contribution is -0.274. The molecule has 0 amide bonds. The van der Waals surface area contributed by atoms with Gasteiger partial charge in [-0.15, -0.1) is 13.2 Å². The fourth-order valence-corrected chi connectivity index (χ4v) is 5.03. The summed E-state index contributed by atoms with van der Waals surface area (Å²) < 4.78 is 62.2. The number of aromatic amines is 1. The van der Waals surface area contributed by atoms with Crippen molar-refractivity contribution in [1.29, 1.82) is 0 Å². The molecule has 2 N–H and O–H groups in total. The number of pyridine rings is 1. The molecule has 1 atom stereocenters. The first-order valence-corrected chi connectivity index (χ1v) is 11.9. The van der Waals surface area contributed by atoms with E-state index in [-0.39, 0.29) is 40.7 Å². The number of ether oxygens (including phenoxy) is 1. The van der Waals surface area contributed by atoms with E-state index in [4.69, 9.17) is 4.52 Å². The number of halogens is 4. The molecule has 8 nitrogen and oxygen atoms in total. The summed E-state index contributed by atoms with van der Waals surface area (Å²) in [5.41, 5.74) is 4.08. The summed E-state index contributed by atoms with van der Waals surface area (Å²) in [4.78, 5) is 22.4. The zero-order valence-electron chi connectivity index (χ0n) is 19.9. The summed E-state index contributed by atoms with van der Waals surface area (Å²) >= 11 is 0. The van der Waals surface area contributed by atoms with Crippen molar-refractivity contribution in [3.8, 4) is 39.7 Å². The summed E-state index contributed by atoms with van der Waals surface area (Å²) in [6, 6.07) is 11.7. The molecule has 1 aliphatic rings. The number of aryl methyl sites for hydroxylation is 1. The number of carbonyl (C=O) groups is 1. The maximum atomic E-state index is 13.7. The topological polar surface area (TPSA) is 114 Å². The highest BCUT2D eigenvalue weighted by Crippen LogP contribution is 2.41. The highest BCUT2D eigenvalue weighted by Gasteiger charge is 2.32. The van der Waals surface area contributed by atoms with Gasteiger partial charge < -0.3 is 19.4 Å². The predicted octanol–water partition coefficient (Wildman–Crippen LogP) is 6.49. The number of alkyl halides is 3. The van der Waals surface area contributed by atoms with Crippen LogP contribution in [0.5, 0.6) is 5.75 Å². The van der Waals surface area contributed by atoms with Crippen LogP contribution in [0, 0.1) is 5.95 Å². The van der Waals surface area contributed by atoms with Crippen molar-refractivity contribution in [2.45, 2.75) is 31.5 Å². The number of carboxylic acids is 1. The molecule has 5 aromatic rings. The van der Waals surface area contributed by atoms with Gasteiger partial charge in [-0.1, -0.05) is 5.16 Å². The summed E-state index contributed by atoms with van der Waals surface area (Å²) in [6.07, 6.45) is -2.23. The van der Waals surface area contributed by atoms with Gasteiger partial charge >= 0.3 is 12.3 Å². The Kier molecular flexibility index (Phi) is 5.82. The van der Waals surface area contributed by atoms with Gasteiger partial charge in [-0.2, -0.15) is 9.37 Å². The average Bonchev–Trinajstić information content (AvgIpc) is 3.59. The van der Waals surface area contributed by atoms with Crippen molar-refractivity contribution >= 4 is 16.9 Å². The van der Waals surface area contributed by atoms with Crippen molar-refractivity contribution < 1.29 is 36.7 Å². The maximum Gasteiger partial charge on any atom is 0.573 e. The second kappa shape index (κ2) is 9.22. The Morgan fingerprint density at radius 1 is 1.08 bits per heavy atom. The smallest absolute Gasteiger partial charge is 0.481 e. The van der Waals surface area contributed by atoms with Gasteiger partial charge in [0.25, 0.3) is 5.89 Å². The first kappa shape index (κ1) is 24.6. The molecule has 1 unspecified atom stereocenters. The van der Waals surface area contributed by atoms with Crippen molar-refractivity contribution in [1.82, 2.24) is 20.1 Å². The molecule has 6 rings (SSSR count). The van der Waals surface area contributed by atoms with E-state index in [0.717, 1.165) is 53.2 Å². The molecular weight excluding hydrogens is 520 g/mol. The third-order valence-electron chi connectivity index (χ3n) is 6.64. The van der Waals surface area contributed by atoms with Crippen LogP contribution < -0.4 is 4.74 Å². The molecule has 0 bridgehead atoms. The molecule has 0 saturated heterocycles. The summed E-state index contributed by atoms with van der Waals surface area (Å²) in [6.45, 7) is 0. The number of carboxylic acid groups (broad SMARTS) is 1. The molecule has 0 aliphatic heterocycles. The summed E-state index contributed by atoms with van der Waals surface area (Å²) in [7, 11) is 0. The van der Waals surface area contributed by atoms with Crippen LogP contribution in [-0.4, -0.2) is 37.5 Å². The van der Waals surface area contributed by atoms with E-state index in [2.05, 4.69) is 24.8 Å². The molecule has 3 aromatic heterocycles. The number of rotatable bonds is 6. The second-order valence-electron chi connectivity index (χ2n) is 9.20. The molecule has 0 spiro atoms. The van der Waals surface area contributed by atoms with Crippen LogP contribution in [-0.2, 0) is 11.2 Å². The number of H-pyrrole nitrogens is 1. The molecule has 1 aliphatic carbocycles. The van der Waals surface area contributed by atoms with Crippen LogP contribution in [0.15, 0.2) is 59.3 Å². The quantitative estimate of drug-likeness (QED) is 0.188. The Hall–Kier alpha value is -4.74. The first-order valence-electron chi connectivity index (χ1n) is 11.9. The van der Waals surface area contributed by atoms with Crippen LogP contribution in [0.3, 0.4) is 0 Å². The van der Waals surface area contributed by atoms with E-state index in [1.54, 1.807) is 6.07 Å². The standard InChI is InChI=1S/C27H18F4N4O4/c28-22-11-13(5-6-32-22)16-7-17(9-18(8-16)38-27(29,30)31)26-34-25(35-39-26)15-2-4-21-20(10-15)19-3-1-14(12-23(36)37)24(19)33-21/h2,4-11,14,33H,1,3,12H2,(H,36,37). The van der Waals surface area contributed by atoms with Gasteiger partial charge in [0.05, 0.1) is 6.42 Å². The Labute approximate surface area is 217 Å². The fourth-order valence-electron chi connectivity index (χ4n) is 5.03. The van der Waals surface area contributed by atoms with Crippen molar-refractivity contribution in [2.24, 2.45) is 0 Å². The molecule has 2 aromatic carbocycles. The molecule has 0 saturated carbocycles. The zero-order valence-corrected chi connectivity index (χ0v) is 19.9. The number of fused-ring (bicyclic) bond motifs is 3. The van der Waals surface area contributed by atoms with Gasteiger partial charge in [-0.3, -0.25) is 4.79 Å². The van der Waals surface area contributed by atoms with E-state index >= 15 is 0 Å². The monoisotopic (exact) mass is 538 g/mol. The fraction of sp³-hybridized carbons (Fsp3) is 0.185. The number of benzene rings is 2. The Balaban J connectivity index is 1.37. The van der Waals surface area contributed by atoms with Crippen molar-refractivity contribution in [3.63, 3.8) is 0 Å². The summed E-state index contributed by atoms with van der Waals surface area (Å²) in [5, 5.41) is 14.1. The van der Waals surface area contributed by atoms with E-state index in [0.29, 0.717) is 5.56 Å². The molecule has 12 heteroatoms. The molecular formula is C27H18F4N4O4. The third-order valence-corrected chi connectivity index (χ3v) is 6.64. The Morgan fingerprint density at radius 3 is 2.67 bits per heavy atom. The number of nitrogens with one attached hydrogen (secondary N) is 1. The van der Waals surface area contributed by atoms with Crippen LogP contribution in [0.1, 0.15) is 30.0 Å². The van der Waals surface area contributed by atoms with Crippen LogP contribution in [0.25, 0.3) is 44.9 Å². The molecule has 0 radical (unpaired) electrons. The summed E-state index contributed by atoms with van der Waals surface area (Å²) in [5.74, 6) is -2.12. The lowest BCUT2D eigenvalue weighted by atomic mass is 10.0. The molecule has 0 fully saturated rings. The van der Waals surface area contributed by atoms with Gasteiger partial charge in [-0.25, -0.2) is 4.98 Å². The lowest BCUT2D eigenvalue weighted by Crippen LogP contribution is -2.17. The SMILES string of the molecule is O=C(O)CC1CCc2c1[nH]c1ccc(-c3noc(-c4cc(OC(F)(F)F)cc(-c5ccnc(F)c5)c4)n3)cc21. The van der Waals surface area contributed by atoms with Gasteiger partial charge in [0.2, 0.25) is 11.8 Å². The van der Waals surface area contributed by atoms with Crippen LogP contribution in [0.4, 0.5) is 17.6 Å². The third kappa shape index (κ3) is 4.92. The number of hydrogen-bond donors (Lipinski definition) is 2. The van der Waals surface area contributed by atoms with Gasteiger partial charge in [0.1, 0.15) is 5.75 Å². The van der Waals surface area contributed by atoms with E-state index in [9.17, 15) is 27.5 Å². The Morgan fingerprint density at radius 2 is 1.90 bits per heavy atom. The number of nitrogens with zero attached hydrogens (tertiary/aromatic N) is 3. The predicted molar refractivity (Wildman–Crippen MR) is 130 cm³/mol. The maximum absolute atomic E-state index is 13.7. The highest BCUT2D eigenvalue weighted by molar-refractivity contribution is 5.89. The highest BCUT2D eigenvalue weighted by atomic mass is 19.4. The minimum atomic E-state index is -4.95. The number of hydrogen-bond acceptors (Lipinski definition) is 6. The average molecular weight is 538 g/mol. The number of aliphatic carboxylic acids is 1. The molecule has 3 heterocycles. The van der Waals surface area contributed by atoms with E-state index < -0.39 is 24.0 Å². The zero-order chi connectivity index (χ0) is 27.3. The second-order valence-corrected chi connectivity index (χ2v) is 9.20. The van der Waals surface area contributed by atoms with Crippen molar-refractivity contribution in [3.05, 3.63) is 71.9 Å². The first-order chi connectivity index (χ1) is 18.6. The van der Waals surface area contributed by atoms with Crippen LogP contribution in [0.2, 0.25) is 0 Å². The van der Waals surface area contributed by atoms with Gasteiger partial charge in [0, 0.05) is 45.9 Å². The molecule has 198 valence electrons. The molecule has 39 heavy (non-hydrogen) atoms. The lowest BCUT2D eigenvalue weighted by Gasteiger charge is -2.12. The minimum Gasteiger partial charge on any atom is -0.481 e. The van der Waals surface area contributed by atoms with Gasteiger partial charge in [-0.05, 0) is 72.0 Å². The van der Waals surface area contributed by atoms with Crippen LogP contribution >= 0.6 is 0 Å². The van der Waals surface area contributed by atoms with Crippen molar-refractivity contribution in [2.75, 3.05) is 0 Å². The largest absolute Gasteiger partial charge is 0.573 e. The van der Waals surface area contributed by atoms with E-state index in [1.165, 1.54) is 18.3 Å².